The minimum atomic E-state index is -3.62. The molecule has 1 saturated carbocycles. The first kappa shape index (κ1) is 17.5. The maximum Gasteiger partial charge on any atom is 0.287 e. The molecule has 1 amide bonds. The Hall–Kier alpha value is -1.34. The van der Waals surface area contributed by atoms with Crippen molar-refractivity contribution in [3.05, 3.63) is 17.9 Å². The van der Waals surface area contributed by atoms with Gasteiger partial charge >= 0.3 is 0 Å². The number of nitrogens with zero attached hydrogens (tertiary/aromatic N) is 1. The van der Waals surface area contributed by atoms with Crippen LogP contribution in [0.5, 0.6) is 0 Å². The van der Waals surface area contributed by atoms with Crippen molar-refractivity contribution in [1.82, 2.24) is 9.62 Å². The SMILES string of the molecule is C[C@H]1[C@H](C)CCC[C@H]1NC(=O)c1ccc(S(=O)(=O)N2CCCC2)o1. The molecule has 7 heteroatoms. The Labute approximate surface area is 143 Å². The molecule has 2 heterocycles. The van der Waals surface area contributed by atoms with Crippen molar-refractivity contribution in [3.63, 3.8) is 0 Å². The van der Waals surface area contributed by atoms with Crippen molar-refractivity contribution in [1.29, 1.82) is 0 Å². The van der Waals surface area contributed by atoms with Crippen LogP contribution in [0.3, 0.4) is 0 Å². The Kier molecular flexibility index (Phi) is 5.01. The largest absolute Gasteiger partial charge is 0.438 e. The summed E-state index contributed by atoms with van der Waals surface area (Å²) in [5.74, 6) is 0.722. The van der Waals surface area contributed by atoms with E-state index in [4.69, 9.17) is 4.42 Å². The molecule has 3 atom stereocenters. The number of rotatable bonds is 4. The molecule has 1 N–H and O–H groups in total. The summed E-state index contributed by atoms with van der Waals surface area (Å²) in [6.07, 6.45) is 4.97. The fraction of sp³-hybridized carbons (Fsp3) is 0.706. The Morgan fingerprint density at radius 3 is 2.58 bits per heavy atom. The van der Waals surface area contributed by atoms with E-state index < -0.39 is 10.0 Å². The summed E-state index contributed by atoms with van der Waals surface area (Å²) in [5.41, 5.74) is 0. The fourth-order valence-corrected chi connectivity index (χ4v) is 5.09. The van der Waals surface area contributed by atoms with Crippen LogP contribution in [0.15, 0.2) is 21.6 Å². The molecule has 0 radical (unpaired) electrons. The second-order valence-electron chi connectivity index (χ2n) is 7.08. The molecule has 24 heavy (non-hydrogen) atoms. The maximum absolute atomic E-state index is 12.5. The zero-order valence-electron chi connectivity index (χ0n) is 14.3. The lowest BCUT2D eigenvalue weighted by atomic mass is 9.78. The summed E-state index contributed by atoms with van der Waals surface area (Å²) in [4.78, 5) is 12.4. The molecule has 6 nitrogen and oxygen atoms in total. The van der Waals surface area contributed by atoms with Crippen LogP contribution in [0.25, 0.3) is 0 Å². The first-order valence-electron chi connectivity index (χ1n) is 8.80. The maximum atomic E-state index is 12.5. The molecule has 1 aromatic heterocycles. The molecule has 3 rings (SSSR count). The van der Waals surface area contributed by atoms with E-state index in [1.54, 1.807) is 0 Å². The lowest BCUT2D eigenvalue weighted by Gasteiger charge is -2.34. The molecule has 134 valence electrons. The van der Waals surface area contributed by atoms with E-state index in [1.165, 1.54) is 22.9 Å². The average molecular weight is 354 g/mol. The Balaban J connectivity index is 1.69. The first-order chi connectivity index (χ1) is 11.4. The van der Waals surface area contributed by atoms with Crippen LogP contribution in [-0.2, 0) is 10.0 Å². The van der Waals surface area contributed by atoms with E-state index in [9.17, 15) is 13.2 Å². The molecular weight excluding hydrogens is 328 g/mol. The molecule has 0 unspecified atom stereocenters. The molecule has 1 aromatic rings. The average Bonchev–Trinajstić information content (AvgIpc) is 3.22. The number of carbonyl (C=O) groups is 1. The quantitative estimate of drug-likeness (QED) is 0.901. The van der Waals surface area contributed by atoms with Gasteiger partial charge in [0.05, 0.1) is 0 Å². The molecular formula is C17H26N2O4S. The third-order valence-corrected chi connectivity index (χ3v) is 7.26. The lowest BCUT2D eigenvalue weighted by Crippen LogP contribution is -2.43. The van der Waals surface area contributed by atoms with Crippen LogP contribution in [0.2, 0.25) is 0 Å². The summed E-state index contributed by atoms with van der Waals surface area (Å²) in [7, 11) is -3.62. The third-order valence-electron chi connectivity index (χ3n) is 5.49. The summed E-state index contributed by atoms with van der Waals surface area (Å²) < 4.78 is 31.7. The number of amides is 1. The van der Waals surface area contributed by atoms with Crippen LogP contribution in [-0.4, -0.2) is 37.8 Å². The summed E-state index contributed by atoms with van der Waals surface area (Å²) in [6, 6.07) is 2.95. The van der Waals surface area contributed by atoms with Gasteiger partial charge in [0.25, 0.3) is 15.9 Å². The highest BCUT2D eigenvalue weighted by atomic mass is 32.2. The molecule has 2 fully saturated rings. The van der Waals surface area contributed by atoms with Crippen molar-refractivity contribution >= 4 is 15.9 Å². The molecule has 0 spiro atoms. The van der Waals surface area contributed by atoms with Crippen molar-refractivity contribution < 1.29 is 17.6 Å². The molecule has 0 aromatic carbocycles. The summed E-state index contributed by atoms with van der Waals surface area (Å²) in [6.45, 7) is 5.39. The number of carbonyl (C=O) groups excluding carboxylic acids is 1. The van der Waals surface area contributed by atoms with E-state index >= 15 is 0 Å². The number of hydrogen-bond donors (Lipinski definition) is 1. The van der Waals surface area contributed by atoms with Gasteiger partial charge in [-0.2, -0.15) is 4.31 Å². The normalized spacial score (nSPS) is 28.8. The molecule has 1 saturated heterocycles. The highest BCUT2D eigenvalue weighted by Gasteiger charge is 2.32. The van der Waals surface area contributed by atoms with Crippen molar-refractivity contribution in [2.24, 2.45) is 11.8 Å². The zero-order chi connectivity index (χ0) is 17.3. The van der Waals surface area contributed by atoms with E-state index in [1.807, 2.05) is 0 Å². The standard InChI is InChI=1S/C17H26N2O4S/c1-12-6-5-7-14(13(12)2)18-17(20)15-8-9-16(23-15)24(21,22)19-10-3-4-11-19/h8-9,12-14H,3-7,10-11H2,1-2H3,(H,18,20)/t12-,13+,14-/m1/s1. The monoisotopic (exact) mass is 354 g/mol. The van der Waals surface area contributed by atoms with Gasteiger partial charge in [-0.05, 0) is 43.2 Å². The topological polar surface area (TPSA) is 79.6 Å². The number of nitrogens with one attached hydrogen (secondary N) is 1. The second-order valence-corrected chi connectivity index (χ2v) is 8.95. The third kappa shape index (κ3) is 3.37. The van der Waals surface area contributed by atoms with Gasteiger partial charge in [0, 0.05) is 19.1 Å². The van der Waals surface area contributed by atoms with Crippen LogP contribution < -0.4 is 5.32 Å². The van der Waals surface area contributed by atoms with E-state index in [0.29, 0.717) is 24.9 Å². The minimum Gasteiger partial charge on any atom is -0.438 e. The summed E-state index contributed by atoms with van der Waals surface area (Å²) >= 11 is 0. The Bertz CT molecular complexity index is 691. The lowest BCUT2D eigenvalue weighted by molar-refractivity contribution is 0.0857. The molecule has 0 bridgehead atoms. The van der Waals surface area contributed by atoms with Gasteiger partial charge in [0.15, 0.2) is 5.76 Å². The first-order valence-corrected chi connectivity index (χ1v) is 10.2. The van der Waals surface area contributed by atoms with Crippen molar-refractivity contribution in [2.75, 3.05) is 13.1 Å². The van der Waals surface area contributed by atoms with Gasteiger partial charge in [-0.3, -0.25) is 4.79 Å². The molecule has 1 aliphatic heterocycles. The highest BCUT2D eigenvalue weighted by Crippen LogP contribution is 2.30. The van der Waals surface area contributed by atoms with Gasteiger partial charge < -0.3 is 9.73 Å². The molecule has 2 aliphatic rings. The number of furan rings is 1. The highest BCUT2D eigenvalue weighted by molar-refractivity contribution is 7.89. The fourth-order valence-electron chi connectivity index (χ4n) is 3.66. The van der Waals surface area contributed by atoms with Gasteiger partial charge in [-0.15, -0.1) is 0 Å². The smallest absolute Gasteiger partial charge is 0.287 e. The minimum absolute atomic E-state index is 0.0678. The van der Waals surface area contributed by atoms with Gasteiger partial charge in [-0.25, -0.2) is 8.42 Å². The molecule has 1 aliphatic carbocycles. The Morgan fingerprint density at radius 2 is 1.88 bits per heavy atom. The Morgan fingerprint density at radius 1 is 1.17 bits per heavy atom. The van der Waals surface area contributed by atoms with Gasteiger partial charge in [0.1, 0.15) is 0 Å². The van der Waals surface area contributed by atoms with Crippen molar-refractivity contribution in [3.8, 4) is 0 Å². The van der Waals surface area contributed by atoms with E-state index in [-0.39, 0.29) is 22.8 Å². The van der Waals surface area contributed by atoms with Crippen LogP contribution in [0, 0.1) is 11.8 Å². The van der Waals surface area contributed by atoms with Crippen LogP contribution >= 0.6 is 0 Å². The van der Waals surface area contributed by atoms with Gasteiger partial charge in [0.2, 0.25) is 5.09 Å². The number of hydrogen-bond acceptors (Lipinski definition) is 4. The van der Waals surface area contributed by atoms with Gasteiger partial charge in [-0.1, -0.05) is 26.7 Å². The number of sulfonamides is 1. The zero-order valence-corrected chi connectivity index (χ0v) is 15.1. The second kappa shape index (κ2) is 6.88. The van der Waals surface area contributed by atoms with Crippen LogP contribution in [0.4, 0.5) is 0 Å². The van der Waals surface area contributed by atoms with Crippen LogP contribution in [0.1, 0.15) is 56.5 Å². The van der Waals surface area contributed by atoms with Crippen molar-refractivity contribution in [2.45, 2.75) is 57.1 Å². The van der Waals surface area contributed by atoms with E-state index in [2.05, 4.69) is 19.2 Å². The predicted molar refractivity (Wildman–Crippen MR) is 90.1 cm³/mol. The predicted octanol–water partition coefficient (Wildman–Crippen LogP) is 2.62. The van der Waals surface area contributed by atoms with E-state index in [0.717, 1.165) is 25.7 Å². The summed E-state index contributed by atoms with van der Waals surface area (Å²) in [5, 5.41) is 2.87.